The SMILES string of the molecule is CN.CN=C(NO)c1ccc(Cl)c(I)c1F. The average molecular weight is 360 g/mol. The fraction of sp³-hybridized carbons (Fsp3) is 0.222. The van der Waals surface area contributed by atoms with E-state index in [4.69, 9.17) is 16.8 Å². The first-order chi connectivity index (χ1) is 7.61. The Balaban J connectivity index is 0.00000106. The molecule has 1 aromatic rings. The second-order valence-corrected chi connectivity index (χ2v) is 3.89. The number of amidine groups is 1. The second-order valence-electron chi connectivity index (χ2n) is 2.41. The van der Waals surface area contributed by atoms with Crippen molar-refractivity contribution in [2.24, 2.45) is 10.7 Å². The molecular formula is C9H12ClFIN3O. The quantitative estimate of drug-likeness (QED) is 0.236. The van der Waals surface area contributed by atoms with Crippen molar-refractivity contribution in [1.29, 1.82) is 0 Å². The summed E-state index contributed by atoms with van der Waals surface area (Å²) in [6.07, 6.45) is 0. The third kappa shape index (κ3) is 3.55. The van der Waals surface area contributed by atoms with E-state index in [1.165, 1.54) is 20.2 Å². The van der Waals surface area contributed by atoms with Gasteiger partial charge in [0.15, 0.2) is 5.84 Å². The number of halogens is 3. The molecule has 1 aromatic carbocycles. The Kier molecular flexibility index (Phi) is 7.56. The molecule has 16 heavy (non-hydrogen) atoms. The van der Waals surface area contributed by atoms with E-state index in [9.17, 15) is 4.39 Å². The molecule has 0 aromatic heterocycles. The van der Waals surface area contributed by atoms with E-state index in [0.717, 1.165) is 0 Å². The molecule has 1 rings (SSSR count). The van der Waals surface area contributed by atoms with Gasteiger partial charge in [-0.15, -0.1) is 0 Å². The van der Waals surface area contributed by atoms with Crippen molar-refractivity contribution in [3.8, 4) is 0 Å². The molecule has 0 bridgehead atoms. The number of hydrogen-bond donors (Lipinski definition) is 3. The van der Waals surface area contributed by atoms with E-state index in [0.29, 0.717) is 8.59 Å². The van der Waals surface area contributed by atoms with Gasteiger partial charge in [-0.3, -0.25) is 15.7 Å². The molecule has 0 atom stereocenters. The zero-order chi connectivity index (χ0) is 12.7. The number of nitrogens with one attached hydrogen (secondary N) is 1. The number of benzene rings is 1. The Bertz CT molecular complexity index is 387. The molecule has 4 nitrogen and oxygen atoms in total. The van der Waals surface area contributed by atoms with Crippen molar-refractivity contribution in [3.63, 3.8) is 0 Å². The van der Waals surface area contributed by atoms with E-state index >= 15 is 0 Å². The lowest BCUT2D eigenvalue weighted by Crippen LogP contribution is -2.21. The van der Waals surface area contributed by atoms with Crippen molar-refractivity contribution in [3.05, 3.63) is 32.1 Å². The van der Waals surface area contributed by atoms with E-state index < -0.39 is 5.82 Å². The summed E-state index contributed by atoms with van der Waals surface area (Å²) in [6, 6.07) is 3.00. The zero-order valence-electron chi connectivity index (χ0n) is 8.76. The van der Waals surface area contributed by atoms with Crippen molar-refractivity contribution < 1.29 is 9.60 Å². The van der Waals surface area contributed by atoms with Crippen LogP contribution in [-0.4, -0.2) is 25.1 Å². The molecule has 0 aliphatic heterocycles. The lowest BCUT2D eigenvalue weighted by atomic mass is 10.2. The molecule has 0 saturated heterocycles. The molecule has 0 aliphatic rings. The minimum Gasteiger partial charge on any atom is -0.333 e. The van der Waals surface area contributed by atoms with Gasteiger partial charge in [0.1, 0.15) is 5.82 Å². The smallest absolute Gasteiger partial charge is 0.154 e. The zero-order valence-corrected chi connectivity index (χ0v) is 11.7. The van der Waals surface area contributed by atoms with E-state index in [2.05, 4.69) is 10.7 Å². The number of nitrogens with zero attached hydrogens (tertiary/aromatic N) is 1. The second kappa shape index (κ2) is 7.77. The molecule has 0 saturated carbocycles. The summed E-state index contributed by atoms with van der Waals surface area (Å²) in [6.45, 7) is 0. The van der Waals surface area contributed by atoms with Crippen molar-refractivity contribution in [2.75, 3.05) is 14.1 Å². The molecule has 0 amide bonds. The van der Waals surface area contributed by atoms with Gasteiger partial charge in [-0.05, 0) is 41.8 Å². The van der Waals surface area contributed by atoms with Crippen LogP contribution < -0.4 is 11.2 Å². The predicted molar refractivity (Wildman–Crippen MR) is 71.6 cm³/mol. The van der Waals surface area contributed by atoms with Crippen LogP contribution in [0.25, 0.3) is 0 Å². The lowest BCUT2D eigenvalue weighted by molar-refractivity contribution is 0.234. The third-order valence-electron chi connectivity index (χ3n) is 1.62. The summed E-state index contributed by atoms with van der Waals surface area (Å²) in [7, 11) is 2.94. The molecule has 0 fully saturated rings. The first-order valence-electron chi connectivity index (χ1n) is 4.20. The third-order valence-corrected chi connectivity index (χ3v) is 3.31. The fourth-order valence-electron chi connectivity index (χ4n) is 0.939. The molecule has 0 radical (unpaired) electrons. The Hall–Kier alpha value is -0.440. The van der Waals surface area contributed by atoms with Gasteiger partial charge in [0.2, 0.25) is 0 Å². The highest BCUT2D eigenvalue weighted by atomic mass is 127. The molecule has 4 N–H and O–H groups in total. The standard InChI is InChI=1S/C8H7ClFIN2O.CH5N/c1-12-8(13-14)4-2-3-5(9)7(11)6(4)10;1-2/h2-3,14H,1H3,(H,12,13);2H2,1H3. The average Bonchev–Trinajstić information content (AvgIpc) is 2.33. The van der Waals surface area contributed by atoms with E-state index in [1.54, 1.807) is 28.7 Å². The maximum absolute atomic E-state index is 13.6. The van der Waals surface area contributed by atoms with Crippen LogP contribution in [0.4, 0.5) is 4.39 Å². The summed E-state index contributed by atoms with van der Waals surface area (Å²) in [5, 5.41) is 9.01. The monoisotopic (exact) mass is 359 g/mol. The van der Waals surface area contributed by atoms with Crippen LogP contribution in [-0.2, 0) is 0 Å². The van der Waals surface area contributed by atoms with Gasteiger partial charge in [-0.2, -0.15) is 0 Å². The van der Waals surface area contributed by atoms with Crippen molar-refractivity contribution in [1.82, 2.24) is 5.48 Å². The Morgan fingerprint density at radius 3 is 2.56 bits per heavy atom. The molecule has 0 unspecified atom stereocenters. The van der Waals surface area contributed by atoms with Gasteiger partial charge in [-0.25, -0.2) is 4.39 Å². The molecule has 0 heterocycles. The largest absolute Gasteiger partial charge is 0.333 e. The van der Waals surface area contributed by atoms with E-state index in [-0.39, 0.29) is 11.4 Å². The number of aliphatic imine (C=N–C) groups is 1. The van der Waals surface area contributed by atoms with Crippen LogP contribution >= 0.6 is 34.2 Å². The van der Waals surface area contributed by atoms with Gasteiger partial charge < -0.3 is 5.73 Å². The van der Waals surface area contributed by atoms with E-state index in [1.807, 2.05) is 5.48 Å². The number of hydrogen-bond acceptors (Lipinski definition) is 3. The first kappa shape index (κ1) is 15.6. The van der Waals surface area contributed by atoms with Crippen LogP contribution in [0.15, 0.2) is 17.1 Å². The van der Waals surface area contributed by atoms with Gasteiger partial charge >= 0.3 is 0 Å². The number of nitrogens with two attached hydrogens (primary N) is 1. The molecule has 7 heteroatoms. The Morgan fingerprint density at radius 2 is 2.12 bits per heavy atom. The maximum atomic E-state index is 13.6. The number of hydroxylamine groups is 1. The van der Waals surface area contributed by atoms with Gasteiger partial charge in [-0.1, -0.05) is 11.6 Å². The van der Waals surface area contributed by atoms with Crippen molar-refractivity contribution in [2.45, 2.75) is 0 Å². The molecular weight excluding hydrogens is 347 g/mol. The van der Waals surface area contributed by atoms with Gasteiger partial charge in [0, 0.05) is 7.05 Å². The molecule has 90 valence electrons. The van der Waals surface area contributed by atoms with Crippen LogP contribution in [0, 0.1) is 9.39 Å². The molecule has 0 spiro atoms. The fourth-order valence-corrected chi connectivity index (χ4v) is 1.56. The minimum atomic E-state index is -0.500. The van der Waals surface area contributed by atoms with Crippen LogP contribution in [0.5, 0.6) is 0 Å². The van der Waals surface area contributed by atoms with Crippen LogP contribution in [0.1, 0.15) is 5.56 Å². The van der Waals surface area contributed by atoms with Gasteiger partial charge in [0.05, 0.1) is 14.2 Å². The highest BCUT2D eigenvalue weighted by Gasteiger charge is 2.13. The minimum absolute atomic E-state index is 0.0667. The summed E-state index contributed by atoms with van der Waals surface area (Å²) < 4.78 is 13.9. The van der Waals surface area contributed by atoms with Crippen LogP contribution in [0.2, 0.25) is 5.02 Å². The maximum Gasteiger partial charge on any atom is 0.154 e. The Morgan fingerprint density at radius 1 is 1.56 bits per heavy atom. The predicted octanol–water partition coefficient (Wildman–Crippen LogP) is 2.01. The highest BCUT2D eigenvalue weighted by Crippen LogP contribution is 2.23. The highest BCUT2D eigenvalue weighted by molar-refractivity contribution is 14.1. The Labute approximate surface area is 112 Å². The van der Waals surface area contributed by atoms with Crippen LogP contribution in [0.3, 0.4) is 0 Å². The lowest BCUT2D eigenvalue weighted by Gasteiger charge is -2.07. The number of rotatable bonds is 1. The summed E-state index contributed by atoms with van der Waals surface area (Å²) in [4.78, 5) is 3.68. The van der Waals surface area contributed by atoms with Crippen molar-refractivity contribution >= 4 is 40.0 Å². The topological polar surface area (TPSA) is 70.6 Å². The summed E-state index contributed by atoms with van der Waals surface area (Å²) in [5.74, 6) is -0.433. The first-order valence-corrected chi connectivity index (χ1v) is 5.66. The summed E-state index contributed by atoms with van der Waals surface area (Å²) in [5.41, 5.74) is 6.50. The van der Waals surface area contributed by atoms with Gasteiger partial charge in [0.25, 0.3) is 0 Å². The summed E-state index contributed by atoms with van der Waals surface area (Å²) >= 11 is 7.50. The normalized spacial score (nSPS) is 10.6. The molecule has 0 aliphatic carbocycles.